The Morgan fingerprint density at radius 3 is 2.82 bits per heavy atom. The van der Waals surface area contributed by atoms with Crippen LogP contribution in [0.2, 0.25) is 4.34 Å². The van der Waals surface area contributed by atoms with Gasteiger partial charge in [0.25, 0.3) is 11.6 Å². The van der Waals surface area contributed by atoms with Crippen LogP contribution in [0.4, 0.5) is 11.4 Å². The second-order valence-electron chi connectivity index (χ2n) is 4.57. The number of nitrogens with zero attached hydrogens (tertiary/aromatic N) is 3. The highest BCUT2D eigenvalue weighted by Crippen LogP contribution is 2.34. The summed E-state index contributed by atoms with van der Waals surface area (Å²) in [5, 5.41) is 10.8. The highest BCUT2D eigenvalue weighted by molar-refractivity contribution is 7.18. The molecule has 0 unspecified atom stereocenters. The summed E-state index contributed by atoms with van der Waals surface area (Å²) in [4.78, 5) is 27.3. The van der Waals surface area contributed by atoms with Crippen molar-refractivity contribution in [3.63, 3.8) is 0 Å². The van der Waals surface area contributed by atoms with E-state index in [1.807, 2.05) is 0 Å². The Morgan fingerprint density at radius 1 is 1.45 bits per heavy atom. The van der Waals surface area contributed by atoms with Crippen molar-refractivity contribution in [3.05, 3.63) is 49.4 Å². The zero-order valence-electron chi connectivity index (χ0n) is 11.2. The number of halogens is 1. The maximum absolute atomic E-state index is 12.7. The molecule has 22 heavy (non-hydrogen) atoms. The SMILES string of the molecule is Cc1nc2ccc(N)cc2n1C(=O)c1cc([N+](=O)[O-])c(Cl)s1. The average Bonchev–Trinajstić information content (AvgIpc) is 2.98. The van der Waals surface area contributed by atoms with Gasteiger partial charge in [-0.1, -0.05) is 11.6 Å². The van der Waals surface area contributed by atoms with Crippen molar-refractivity contribution in [3.8, 4) is 0 Å². The lowest BCUT2D eigenvalue weighted by molar-refractivity contribution is -0.384. The maximum Gasteiger partial charge on any atom is 0.299 e. The number of anilines is 1. The van der Waals surface area contributed by atoms with Crippen LogP contribution in [-0.4, -0.2) is 20.4 Å². The van der Waals surface area contributed by atoms with Crippen molar-refractivity contribution in [1.29, 1.82) is 0 Å². The number of carbonyl (C=O) groups is 1. The van der Waals surface area contributed by atoms with E-state index >= 15 is 0 Å². The first-order valence-electron chi connectivity index (χ1n) is 6.11. The molecule has 0 amide bonds. The number of nitrogen functional groups attached to an aromatic ring is 1. The molecule has 0 saturated carbocycles. The Morgan fingerprint density at radius 2 is 2.18 bits per heavy atom. The van der Waals surface area contributed by atoms with Gasteiger partial charge in [0.1, 0.15) is 10.7 Å². The van der Waals surface area contributed by atoms with Crippen LogP contribution in [0.25, 0.3) is 11.0 Å². The van der Waals surface area contributed by atoms with Crippen molar-refractivity contribution in [2.45, 2.75) is 6.92 Å². The quantitative estimate of drug-likeness (QED) is 0.439. The van der Waals surface area contributed by atoms with E-state index in [-0.39, 0.29) is 14.9 Å². The summed E-state index contributed by atoms with van der Waals surface area (Å²) in [5.74, 6) is 0.0448. The minimum Gasteiger partial charge on any atom is -0.399 e. The van der Waals surface area contributed by atoms with Crippen molar-refractivity contribution < 1.29 is 9.72 Å². The molecule has 3 rings (SSSR count). The van der Waals surface area contributed by atoms with Crippen molar-refractivity contribution in [1.82, 2.24) is 9.55 Å². The van der Waals surface area contributed by atoms with Gasteiger partial charge in [-0.05, 0) is 25.1 Å². The van der Waals surface area contributed by atoms with Gasteiger partial charge >= 0.3 is 0 Å². The zero-order chi connectivity index (χ0) is 16.0. The van der Waals surface area contributed by atoms with Crippen LogP contribution in [0, 0.1) is 17.0 Å². The van der Waals surface area contributed by atoms with E-state index in [4.69, 9.17) is 17.3 Å². The Labute approximate surface area is 133 Å². The summed E-state index contributed by atoms with van der Waals surface area (Å²) in [6.45, 7) is 1.68. The fourth-order valence-electron chi connectivity index (χ4n) is 2.17. The van der Waals surface area contributed by atoms with E-state index in [9.17, 15) is 14.9 Å². The fourth-order valence-corrected chi connectivity index (χ4v) is 3.32. The molecule has 112 valence electrons. The molecular formula is C13H9ClN4O3S. The number of thiophene rings is 1. The lowest BCUT2D eigenvalue weighted by Crippen LogP contribution is -2.12. The molecule has 0 radical (unpaired) electrons. The number of aromatic nitrogens is 2. The fraction of sp³-hybridized carbons (Fsp3) is 0.0769. The smallest absolute Gasteiger partial charge is 0.299 e. The molecule has 0 saturated heterocycles. The second kappa shape index (κ2) is 5.08. The monoisotopic (exact) mass is 336 g/mol. The third-order valence-electron chi connectivity index (χ3n) is 3.13. The normalized spacial score (nSPS) is 11.0. The van der Waals surface area contributed by atoms with Crippen LogP contribution < -0.4 is 5.73 Å². The number of hydrogen-bond donors (Lipinski definition) is 1. The number of rotatable bonds is 2. The third kappa shape index (κ3) is 2.22. The molecule has 9 heteroatoms. The van der Waals surface area contributed by atoms with Gasteiger partial charge in [0, 0.05) is 11.8 Å². The zero-order valence-corrected chi connectivity index (χ0v) is 12.8. The van der Waals surface area contributed by atoms with Gasteiger partial charge in [0.2, 0.25) is 0 Å². The van der Waals surface area contributed by atoms with Gasteiger partial charge in [-0.2, -0.15) is 0 Å². The van der Waals surface area contributed by atoms with Crippen LogP contribution >= 0.6 is 22.9 Å². The van der Waals surface area contributed by atoms with Gasteiger partial charge in [-0.25, -0.2) is 4.98 Å². The molecule has 0 aliphatic carbocycles. The lowest BCUT2D eigenvalue weighted by atomic mass is 10.3. The Bertz CT molecular complexity index is 931. The third-order valence-corrected chi connectivity index (χ3v) is 4.45. The van der Waals surface area contributed by atoms with Crippen LogP contribution in [0.1, 0.15) is 15.5 Å². The Kier molecular flexibility index (Phi) is 3.34. The van der Waals surface area contributed by atoms with Gasteiger partial charge < -0.3 is 5.73 Å². The summed E-state index contributed by atoms with van der Waals surface area (Å²) in [7, 11) is 0. The average molecular weight is 337 g/mol. The van der Waals surface area contributed by atoms with Gasteiger partial charge in [0.05, 0.1) is 16.0 Å². The van der Waals surface area contributed by atoms with Gasteiger partial charge in [-0.3, -0.25) is 19.5 Å². The van der Waals surface area contributed by atoms with Gasteiger partial charge in [-0.15, -0.1) is 11.3 Å². The molecule has 1 aromatic carbocycles. The summed E-state index contributed by atoms with van der Waals surface area (Å²) in [6.07, 6.45) is 0. The first-order chi connectivity index (χ1) is 10.4. The predicted molar refractivity (Wildman–Crippen MR) is 84.6 cm³/mol. The molecule has 0 atom stereocenters. The molecular weight excluding hydrogens is 328 g/mol. The number of nitro groups is 1. The molecule has 3 aromatic rings. The number of benzene rings is 1. The molecule has 0 aliphatic heterocycles. The Balaban J connectivity index is 2.17. The van der Waals surface area contributed by atoms with Crippen LogP contribution in [0.5, 0.6) is 0 Å². The molecule has 0 spiro atoms. The molecule has 2 N–H and O–H groups in total. The summed E-state index contributed by atoms with van der Waals surface area (Å²) >= 11 is 6.67. The number of nitrogens with two attached hydrogens (primary N) is 1. The van der Waals surface area contributed by atoms with E-state index in [1.54, 1.807) is 25.1 Å². The summed E-state index contributed by atoms with van der Waals surface area (Å²) < 4.78 is 1.34. The first-order valence-corrected chi connectivity index (χ1v) is 7.31. The summed E-state index contributed by atoms with van der Waals surface area (Å²) in [6, 6.07) is 6.21. The molecule has 0 aliphatic rings. The predicted octanol–water partition coefficient (Wildman–Crippen LogP) is 3.24. The van der Waals surface area contributed by atoms with Crippen molar-refractivity contribution >= 4 is 51.3 Å². The number of aryl methyl sites for hydroxylation is 1. The molecule has 2 aromatic heterocycles. The number of imidazole rings is 1. The van der Waals surface area contributed by atoms with Crippen LogP contribution in [-0.2, 0) is 0 Å². The molecule has 7 nitrogen and oxygen atoms in total. The Hall–Kier alpha value is -2.45. The molecule has 2 heterocycles. The second-order valence-corrected chi connectivity index (χ2v) is 6.23. The van der Waals surface area contributed by atoms with E-state index in [0.717, 1.165) is 11.3 Å². The highest BCUT2D eigenvalue weighted by atomic mass is 35.5. The minimum atomic E-state index is -0.619. The van der Waals surface area contributed by atoms with Crippen molar-refractivity contribution in [2.75, 3.05) is 5.73 Å². The van der Waals surface area contributed by atoms with Crippen molar-refractivity contribution in [2.24, 2.45) is 0 Å². The van der Waals surface area contributed by atoms with Gasteiger partial charge in [0.15, 0.2) is 4.34 Å². The van der Waals surface area contributed by atoms with Crippen LogP contribution in [0.15, 0.2) is 24.3 Å². The molecule has 0 fully saturated rings. The topological polar surface area (TPSA) is 104 Å². The summed E-state index contributed by atoms with van der Waals surface area (Å²) in [5.41, 5.74) is 7.14. The van der Waals surface area contributed by atoms with E-state index in [1.165, 1.54) is 10.6 Å². The number of fused-ring (bicyclic) bond motifs is 1. The minimum absolute atomic E-state index is 0.0325. The van der Waals surface area contributed by atoms with E-state index < -0.39 is 10.8 Å². The van der Waals surface area contributed by atoms with E-state index in [2.05, 4.69) is 4.98 Å². The largest absolute Gasteiger partial charge is 0.399 e. The number of carbonyl (C=O) groups excluding carboxylic acids is 1. The standard InChI is InChI=1S/C13H9ClN4O3S/c1-6-16-8-3-2-7(15)4-9(8)17(6)13(19)11-5-10(18(20)21)12(14)22-11/h2-5H,15H2,1H3. The maximum atomic E-state index is 12.7. The molecule has 0 bridgehead atoms. The lowest BCUT2D eigenvalue weighted by Gasteiger charge is -2.03. The van der Waals surface area contributed by atoms with E-state index in [0.29, 0.717) is 22.5 Å². The first kappa shape index (κ1) is 14.5. The van der Waals surface area contributed by atoms with Crippen LogP contribution in [0.3, 0.4) is 0 Å². The number of hydrogen-bond acceptors (Lipinski definition) is 6. The highest BCUT2D eigenvalue weighted by Gasteiger charge is 2.24.